The van der Waals surface area contributed by atoms with Gasteiger partial charge in [-0.2, -0.15) is 0 Å². The zero-order chi connectivity index (χ0) is 33.6. The van der Waals surface area contributed by atoms with Crippen LogP contribution in [-0.2, 0) is 36.8 Å². The van der Waals surface area contributed by atoms with E-state index < -0.39 is 60.2 Å². The number of benzene rings is 2. The van der Waals surface area contributed by atoms with Crippen molar-refractivity contribution in [2.75, 3.05) is 6.54 Å². The van der Waals surface area contributed by atoms with Crippen molar-refractivity contribution in [2.45, 2.75) is 62.7 Å². The van der Waals surface area contributed by atoms with E-state index >= 15 is 0 Å². The van der Waals surface area contributed by atoms with Gasteiger partial charge in [0.2, 0.25) is 17.7 Å². The first-order valence-electron chi connectivity index (χ1n) is 14.7. The molecule has 46 heavy (non-hydrogen) atoms. The second-order valence-electron chi connectivity index (χ2n) is 10.8. The second-order valence-corrected chi connectivity index (χ2v) is 10.8. The van der Waals surface area contributed by atoms with Crippen molar-refractivity contribution in [3.05, 3.63) is 71.9 Å². The zero-order valence-electron chi connectivity index (χ0n) is 25.1. The Bertz CT molecular complexity index is 1540. The minimum absolute atomic E-state index is 0.00132. The predicted molar refractivity (Wildman–Crippen MR) is 170 cm³/mol. The lowest BCUT2D eigenvalue weighted by Gasteiger charge is -2.25. The number of amides is 3. The number of nitrogens with two attached hydrogens (primary N) is 3. The van der Waals surface area contributed by atoms with Crippen molar-refractivity contribution in [2.24, 2.45) is 22.2 Å². The van der Waals surface area contributed by atoms with E-state index in [2.05, 4.69) is 25.9 Å². The van der Waals surface area contributed by atoms with E-state index in [0.29, 0.717) is 17.5 Å². The number of rotatable bonds is 18. The molecule has 0 aliphatic heterocycles. The second kappa shape index (κ2) is 17.2. The summed E-state index contributed by atoms with van der Waals surface area (Å²) in [6.07, 6.45) is 1.45. The maximum atomic E-state index is 13.7. The molecule has 0 radical (unpaired) electrons. The molecule has 0 spiro atoms. The van der Waals surface area contributed by atoms with E-state index in [-0.39, 0.29) is 38.2 Å². The highest BCUT2D eigenvalue weighted by Gasteiger charge is 2.31. The molecule has 4 unspecified atom stereocenters. The van der Waals surface area contributed by atoms with Crippen LogP contribution in [-0.4, -0.2) is 81.5 Å². The zero-order valence-corrected chi connectivity index (χ0v) is 25.1. The first-order valence-corrected chi connectivity index (χ1v) is 14.7. The number of aliphatic imine (C=N–C) groups is 1. The molecule has 4 atom stereocenters. The summed E-state index contributed by atoms with van der Waals surface area (Å²) in [7, 11) is 0. The Morgan fingerprint density at radius 1 is 0.783 bits per heavy atom. The molecule has 3 aromatic rings. The highest BCUT2D eigenvalue weighted by molar-refractivity contribution is 5.95. The van der Waals surface area contributed by atoms with Crippen LogP contribution in [0, 0.1) is 0 Å². The Morgan fingerprint density at radius 2 is 1.41 bits per heavy atom. The molecule has 2 aromatic carbocycles. The van der Waals surface area contributed by atoms with Crippen molar-refractivity contribution in [1.82, 2.24) is 20.9 Å². The van der Waals surface area contributed by atoms with Gasteiger partial charge in [-0.3, -0.25) is 24.2 Å². The Morgan fingerprint density at radius 3 is 2.09 bits per heavy atom. The third-order valence-electron chi connectivity index (χ3n) is 7.21. The van der Waals surface area contributed by atoms with Crippen molar-refractivity contribution < 1.29 is 34.2 Å². The molecule has 0 saturated carbocycles. The largest absolute Gasteiger partial charge is 0.481 e. The van der Waals surface area contributed by atoms with E-state index in [4.69, 9.17) is 17.2 Å². The van der Waals surface area contributed by atoms with Crippen LogP contribution in [0.4, 0.5) is 0 Å². The molecule has 3 amide bonds. The summed E-state index contributed by atoms with van der Waals surface area (Å²) < 4.78 is 0. The van der Waals surface area contributed by atoms with Crippen LogP contribution < -0.4 is 33.2 Å². The number of aromatic nitrogens is 1. The molecule has 1 aromatic heterocycles. The molecular weight excluding hydrogens is 596 g/mol. The number of nitrogens with one attached hydrogen (secondary N) is 4. The standard InChI is InChI=1S/C31H40N8O7/c32-21(10-6-14-35-31(33)34)27(42)38-24(16-19-17-36-22-11-5-4-9-20(19)22)29(44)37-23(12-13-26(40)41)28(43)39-25(30(45)46)15-18-7-2-1-3-8-18/h1-5,7-9,11,17,21,23-25,36H,6,10,12-16,32H2,(H,37,44)(H,38,42)(H,39,43)(H,40,41)(H,45,46)(H4,33,34,35). The third kappa shape index (κ3) is 10.9. The number of carboxylic acids is 2. The van der Waals surface area contributed by atoms with Gasteiger partial charge < -0.3 is 48.3 Å². The number of carboxylic acid groups (broad SMARTS) is 2. The summed E-state index contributed by atoms with van der Waals surface area (Å²) in [5.74, 6) is -4.92. The minimum Gasteiger partial charge on any atom is -0.481 e. The fraction of sp³-hybridized carbons (Fsp3) is 0.355. The summed E-state index contributed by atoms with van der Waals surface area (Å²) >= 11 is 0. The number of H-pyrrole nitrogens is 1. The SMILES string of the molecule is NC(N)=NCCCC(N)C(=O)NC(Cc1c[nH]c2ccccc12)C(=O)NC(CCC(=O)O)C(=O)NC(Cc1ccccc1)C(=O)O. The third-order valence-corrected chi connectivity index (χ3v) is 7.21. The first-order chi connectivity index (χ1) is 21.9. The fourth-order valence-corrected chi connectivity index (χ4v) is 4.79. The number of hydrogen-bond acceptors (Lipinski definition) is 7. The molecule has 0 aliphatic carbocycles. The number of carbonyl (C=O) groups excluding carboxylic acids is 3. The molecule has 0 aliphatic rings. The normalized spacial score (nSPS) is 13.5. The van der Waals surface area contributed by atoms with Gasteiger partial charge in [0.05, 0.1) is 6.04 Å². The van der Waals surface area contributed by atoms with Crippen LogP contribution in [0.25, 0.3) is 10.9 Å². The van der Waals surface area contributed by atoms with Crippen LogP contribution >= 0.6 is 0 Å². The van der Waals surface area contributed by atoms with Gasteiger partial charge in [-0.25, -0.2) is 4.79 Å². The smallest absolute Gasteiger partial charge is 0.326 e. The quantitative estimate of drug-likeness (QED) is 0.0501. The van der Waals surface area contributed by atoms with Crippen molar-refractivity contribution >= 4 is 46.5 Å². The summed E-state index contributed by atoms with van der Waals surface area (Å²) in [4.78, 5) is 70.4. The maximum Gasteiger partial charge on any atom is 0.326 e. The van der Waals surface area contributed by atoms with Gasteiger partial charge in [-0.15, -0.1) is 0 Å². The van der Waals surface area contributed by atoms with Gasteiger partial charge in [-0.05, 0) is 36.5 Å². The van der Waals surface area contributed by atoms with Crippen LogP contribution in [0.1, 0.15) is 36.8 Å². The van der Waals surface area contributed by atoms with E-state index in [1.54, 1.807) is 36.5 Å². The average Bonchev–Trinajstić information content (AvgIpc) is 3.43. The molecule has 1 heterocycles. The molecule has 3 rings (SSSR count). The lowest BCUT2D eigenvalue weighted by Crippen LogP contribution is -2.57. The molecule has 12 N–H and O–H groups in total. The van der Waals surface area contributed by atoms with E-state index in [9.17, 15) is 34.2 Å². The van der Waals surface area contributed by atoms with Crippen LogP contribution in [0.3, 0.4) is 0 Å². The molecule has 15 heteroatoms. The van der Waals surface area contributed by atoms with Crippen molar-refractivity contribution in [1.29, 1.82) is 0 Å². The number of guanidine groups is 1. The predicted octanol–water partition coefficient (Wildman–Crippen LogP) is -0.262. The lowest BCUT2D eigenvalue weighted by atomic mass is 10.0. The first kappa shape index (κ1) is 35.0. The van der Waals surface area contributed by atoms with Crippen molar-refractivity contribution in [3.63, 3.8) is 0 Å². The molecule has 15 nitrogen and oxygen atoms in total. The number of para-hydroxylation sites is 1. The molecule has 0 fully saturated rings. The Balaban J connectivity index is 1.81. The Hall–Kier alpha value is -5.44. The van der Waals surface area contributed by atoms with Gasteiger partial charge in [0.15, 0.2) is 5.96 Å². The monoisotopic (exact) mass is 636 g/mol. The molecule has 0 saturated heterocycles. The highest BCUT2D eigenvalue weighted by atomic mass is 16.4. The number of aliphatic carboxylic acids is 2. The summed E-state index contributed by atoms with van der Waals surface area (Å²) in [5.41, 5.74) is 18.9. The fourth-order valence-electron chi connectivity index (χ4n) is 4.79. The van der Waals surface area contributed by atoms with Gasteiger partial charge in [-0.1, -0.05) is 48.5 Å². The number of nitrogens with zero attached hydrogens (tertiary/aromatic N) is 1. The molecule has 246 valence electrons. The van der Waals surface area contributed by atoms with Crippen molar-refractivity contribution in [3.8, 4) is 0 Å². The number of hydrogen-bond donors (Lipinski definition) is 9. The Labute approximate surface area is 265 Å². The molecule has 0 bridgehead atoms. The van der Waals surface area contributed by atoms with E-state index in [1.165, 1.54) is 0 Å². The average molecular weight is 637 g/mol. The molecular formula is C31H40N8O7. The van der Waals surface area contributed by atoms with Gasteiger partial charge >= 0.3 is 11.9 Å². The summed E-state index contributed by atoms with van der Waals surface area (Å²) in [5, 5.41) is 27.5. The Kier molecular flexibility index (Phi) is 13.1. The van der Waals surface area contributed by atoms with Crippen LogP contribution in [0.15, 0.2) is 65.8 Å². The number of carbonyl (C=O) groups is 5. The van der Waals surface area contributed by atoms with Gasteiger partial charge in [0, 0.05) is 42.9 Å². The van der Waals surface area contributed by atoms with Gasteiger partial charge in [0.25, 0.3) is 0 Å². The minimum atomic E-state index is -1.42. The van der Waals surface area contributed by atoms with Gasteiger partial charge in [0.1, 0.15) is 18.1 Å². The number of fused-ring (bicyclic) bond motifs is 1. The highest BCUT2D eigenvalue weighted by Crippen LogP contribution is 2.19. The maximum absolute atomic E-state index is 13.7. The van der Waals surface area contributed by atoms with Crippen LogP contribution in [0.5, 0.6) is 0 Å². The number of aromatic amines is 1. The van der Waals surface area contributed by atoms with E-state index in [0.717, 1.165) is 10.9 Å². The summed E-state index contributed by atoms with van der Waals surface area (Å²) in [6, 6.07) is 11.0. The lowest BCUT2D eigenvalue weighted by molar-refractivity contribution is -0.143. The van der Waals surface area contributed by atoms with E-state index in [1.807, 2.05) is 24.3 Å². The topological polar surface area (TPSA) is 268 Å². The summed E-state index contributed by atoms with van der Waals surface area (Å²) in [6.45, 7) is 0.255. The van der Waals surface area contributed by atoms with Crippen LogP contribution in [0.2, 0.25) is 0 Å².